The fourth-order valence-corrected chi connectivity index (χ4v) is 2.41. The lowest BCUT2D eigenvalue weighted by atomic mass is 10.1. The Labute approximate surface area is 108 Å². The quantitative estimate of drug-likeness (QED) is 0.763. The van der Waals surface area contributed by atoms with Gasteiger partial charge in [0.1, 0.15) is 6.04 Å². The Morgan fingerprint density at radius 3 is 2.83 bits per heavy atom. The predicted octanol–water partition coefficient (Wildman–Crippen LogP) is 2.47. The number of hydrogen-bond acceptors (Lipinski definition) is 3. The molecule has 1 aliphatic rings. The van der Waals surface area contributed by atoms with Crippen LogP contribution in [0, 0.1) is 0 Å². The SMILES string of the molecule is C=Cc1ccc(CN2CCC[C@H]2C(=O)OC)cc1. The van der Waals surface area contributed by atoms with Gasteiger partial charge in [0.2, 0.25) is 0 Å². The minimum Gasteiger partial charge on any atom is -0.468 e. The number of methoxy groups -OCH3 is 1. The molecule has 0 aliphatic carbocycles. The van der Waals surface area contributed by atoms with Crippen LogP contribution in [0.15, 0.2) is 30.8 Å². The Morgan fingerprint density at radius 1 is 1.50 bits per heavy atom. The van der Waals surface area contributed by atoms with Gasteiger partial charge in [0.15, 0.2) is 0 Å². The monoisotopic (exact) mass is 245 g/mol. The number of benzene rings is 1. The zero-order valence-corrected chi connectivity index (χ0v) is 10.8. The standard InChI is InChI=1S/C15H19NO2/c1-3-12-6-8-13(9-7-12)11-16-10-4-5-14(16)15(17)18-2/h3,6-9,14H,1,4-5,10-11H2,2H3/t14-/m0/s1. The van der Waals surface area contributed by atoms with Crippen molar-refractivity contribution in [3.8, 4) is 0 Å². The molecule has 3 nitrogen and oxygen atoms in total. The number of carbonyl (C=O) groups is 1. The summed E-state index contributed by atoms with van der Waals surface area (Å²) in [7, 11) is 1.46. The van der Waals surface area contributed by atoms with Gasteiger partial charge in [-0.25, -0.2) is 0 Å². The lowest BCUT2D eigenvalue weighted by molar-refractivity contribution is -0.146. The second-order valence-corrected chi connectivity index (χ2v) is 4.60. The van der Waals surface area contributed by atoms with Crippen molar-refractivity contribution in [3.05, 3.63) is 42.0 Å². The van der Waals surface area contributed by atoms with E-state index in [1.54, 1.807) is 0 Å². The van der Waals surface area contributed by atoms with E-state index in [1.165, 1.54) is 12.7 Å². The van der Waals surface area contributed by atoms with Crippen LogP contribution >= 0.6 is 0 Å². The van der Waals surface area contributed by atoms with Crippen molar-refractivity contribution in [1.29, 1.82) is 0 Å². The largest absolute Gasteiger partial charge is 0.468 e. The Morgan fingerprint density at radius 2 is 2.22 bits per heavy atom. The highest BCUT2D eigenvalue weighted by molar-refractivity contribution is 5.75. The van der Waals surface area contributed by atoms with E-state index in [2.05, 4.69) is 23.6 Å². The summed E-state index contributed by atoms with van der Waals surface area (Å²) >= 11 is 0. The van der Waals surface area contributed by atoms with Gasteiger partial charge in [-0.2, -0.15) is 0 Å². The molecule has 0 unspecified atom stereocenters. The van der Waals surface area contributed by atoms with Crippen molar-refractivity contribution < 1.29 is 9.53 Å². The zero-order valence-electron chi connectivity index (χ0n) is 10.8. The number of likely N-dealkylation sites (tertiary alicyclic amines) is 1. The number of ether oxygens (including phenoxy) is 1. The zero-order chi connectivity index (χ0) is 13.0. The molecule has 18 heavy (non-hydrogen) atoms. The van der Waals surface area contributed by atoms with Crippen molar-refractivity contribution >= 4 is 12.0 Å². The summed E-state index contributed by atoms with van der Waals surface area (Å²) in [5, 5.41) is 0. The molecule has 1 aromatic rings. The summed E-state index contributed by atoms with van der Waals surface area (Å²) in [5.41, 5.74) is 2.33. The van der Waals surface area contributed by atoms with Crippen LogP contribution in [-0.4, -0.2) is 30.6 Å². The van der Waals surface area contributed by atoms with Crippen LogP contribution in [0.4, 0.5) is 0 Å². The molecule has 1 atom stereocenters. The molecular formula is C15H19NO2. The summed E-state index contributed by atoms with van der Waals surface area (Å²) in [6, 6.07) is 8.19. The first-order valence-electron chi connectivity index (χ1n) is 6.28. The molecule has 0 radical (unpaired) electrons. The fraction of sp³-hybridized carbons (Fsp3) is 0.400. The van der Waals surface area contributed by atoms with Crippen LogP contribution in [0.5, 0.6) is 0 Å². The van der Waals surface area contributed by atoms with Gasteiger partial charge in [-0.3, -0.25) is 9.69 Å². The third-order valence-corrected chi connectivity index (χ3v) is 3.44. The van der Waals surface area contributed by atoms with Crippen molar-refractivity contribution in [1.82, 2.24) is 4.90 Å². The van der Waals surface area contributed by atoms with Crippen molar-refractivity contribution in [2.45, 2.75) is 25.4 Å². The molecule has 96 valence electrons. The van der Waals surface area contributed by atoms with Gasteiger partial charge in [0, 0.05) is 6.54 Å². The minimum atomic E-state index is -0.116. The highest BCUT2D eigenvalue weighted by Gasteiger charge is 2.31. The number of esters is 1. The molecule has 0 saturated carbocycles. The topological polar surface area (TPSA) is 29.5 Å². The van der Waals surface area contributed by atoms with Crippen LogP contribution in [-0.2, 0) is 16.1 Å². The van der Waals surface area contributed by atoms with Gasteiger partial charge in [-0.15, -0.1) is 0 Å². The summed E-state index contributed by atoms with van der Waals surface area (Å²) in [4.78, 5) is 13.8. The molecule has 1 aliphatic heterocycles. The molecular weight excluding hydrogens is 226 g/mol. The Balaban J connectivity index is 2.03. The Bertz CT molecular complexity index is 425. The first-order chi connectivity index (χ1) is 8.74. The molecule has 0 amide bonds. The van der Waals surface area contributed by atoms with E-state index in [9.17, 15) is 4.79 Å². The van der Waals surface area contributed by atoms with Crippen LogP contribution in [0.25, 0.3) is 6.08 Å². The maximum Gasteiger partial charge on any atom is 0.323 e. The molecule has 1 aromatic carbocycles. The van der Waals surface area contributed by atoms with Crippen LogP contribution in [0.1, 0.15) is 24.0 Å². The lowest BCUT2D eigenvalue weighted by Crippen LogP contribution is -2.36. The van der Waals surface area contributed by atoms with E-state index in [4.69, 9.17) is 4.74 Å². The molecule has 1 heterocycles. The maximum atomic E-state index is 11.6. The molecule has 0 spiro atoms. The van der Waals surface area contributed by atoms with Crippen LogP contribution in [0.3, 0.4) is 0 Å². The Kier molecular flexibility index (Phi) is 4.15. The highest BCUT2D eigenvalue weighted by Crippen LogP contribution is 2.21. The van der Waals surface area contributed by atoms with Gasteiger partial charge >= 0.3 is 5.97 Å². The molecule has 1 fully saturated rings. The van der Waals surface area contributed by atoms with Gasteiger partial charge in [-0.05, 0) is 30.5 Å². The predicted molar refractivity (Wildman–Crippen MR) is 72.0 cm³/mol. The highest BCUT2D eigenvalue weighted by atomic mass is 16.5. The molecule has 0 N–H and O–H groups in total. The van der Waals surface area contributed by atoms with E-state index in [-0.39, 0.29) is 12.0 Å². The third-order valence-electron chi connectivity index (χ3n) is 3.44. The van der Waals surface area contributed by atoms with E-state index >= 15 is 0 Å². The summed E-state index contributed by atoms with van der Waals surface area (Å²) in [5.74, 6) is -0.116. The van der Waals surface area contributed by atoms with Crippen molar-refractivity contribution in [2.75, 3.05) is 13.7 Å². The van der Waals surface area contributed by atoms with Crippen molar-refractivity contribution in [2.24, 2.45) is 0 Å². The van der Waals surface area contributed by atoms with Crippen molar-refractivity contribution in [3.63, 3.8) is 0 Å². The molecule has 0 aromatic heterocycles. The average molecular weight is 245 g/mol. The average Bonchev–Trinajstić information content (AvgIpc) is 2.87. The molecule has 1 saturated heterocycles. The maximum absolute atomic E-state index is 11.6. The van der Waals surface area contributed by atoms with Gasteiger partial charge in [0.05, 0.1) is 7.11 Å². The summed E-state index contributed by atoms with van der Waals surface area (Å²) < 4.78 is 4.84. The number of nitrogens with zero attached hydrogens (tertiary/aromatic N) is 1. The minimum absolute atomic E-state index is 0.0749. The van der Waals surface area contributed by atoms with Gasteiger partial charge in [-0.1, -0.05) is 36.9 Å². The molecule has 2 rings (SSSR count). The smallest absolute Gasteiger partial charge is 0.323 e. The normalized spacial score (nSPS) is 19.7. The van der Waals surface area contributed by atoms with E-state index in [0.717, 1.165) is 31.5 Å². The number of carbonyl (C=O) groups excluding carboxylic acids is 1. The second kappa shape index (κ2) is 5.83. The lowest BCUT2D eigenvalue weighted by Gasteiger charge is -2.22. The van der Waals surface area contributed by atoms with Crippen LogP contribution < -0.4 is 0 Å². The second-order valence-electron chi connectivity index (χ2n) is 4.60. The first kappa shape index (κ1) is 12.8. The van der Waals surface area contributed by atoms with Gasteiger partial charge in [0.25, 0.3) is 0 Å². The number of rotatable bonds is 4. The van der Waals surface area contributed by atoms with E-state index < -0.39 is 0 Å². The first-order valence-corrected chi connectivity index (χ1v) is 6.28. The molecule has 3 heteroatoms. The summed E-state index contributed by atoms with van der Waals surface area (Å²) in [6.45, 7) is 5.50. The number of hydrogen-bond donors (Lipinski definition) is 0. The van der Waals surface area contributed by atoms with E-state index in [0.29, 0.717) is 0 Å². The fourth-order valence-electron chi connectivity index (χ4n) is 2.41. The van der Waals surface area contributed by atoms with Gasteiger partial charge < -0.3 is 4.74 Å². The Hall–Kier alpha value is -1.61. The van der Waals surface area contributed by atoms with E-state index in [1.807, 2.05) is 18.2 Å². The third kappa shape index (κ3) is 2.79. The molecule has 0 bridgehead atoms. The summed E-state index contributed by atoms with van der Waals surface area (Å²) in [6.07, 6.45) is 3.79. The van der Waals surface area contributed by atoms with Crippen LogP contribution in [0.2, 0.25) is 0 Å².